The Bertz CT molecular complexity index is 2380. The van der Waals surface area contributed by atoms with E-state index in [0.717, 1.165) is 55.3 Å². The normalized spacial score (nSPS) is 11.4. The Labute approximate surface area is 336 Å². The number of ether oxygens (including phenoxy) is 2. The molecule has 7 rings (SSSR count). The van der Waals surface area contributed by atoms with Gasteiger partial charge in [0.25, 0.3) is 0 Å². The Morgan fingerprint density at radius 3 is 1.69 bits per heavy atom. The van der Waals surface area contributed by atoms with Gasteiger partial charge in [-0.05, 0) is 70.3 Å². The molecule has 9 heteroatoms. The summed E-state index contributed by atoms with van der Waals surface area (Å²) < 4.78 is 24.6. The molecule has 0 bridgehead atoms. The molecule has 0 radical (unpaired) electrons. The van der Waals surface area contributed by atoms with Crippen LogP contribution >= 0.6 is 22.6 Å². The zero-order chi connectivity index (χ0) is 38.9. The van der Waals surface area contributed by atoms with Crippen LogP contribution in [0, 0.1) is 6.92 Å². The fourth-order valence-corrected chi connectivity index (χ4v) is 7.04. The van der Waals surface area contributed by atoms with Gasteiger partial charge in [-0.1, -0.05) is 129 Å². The summed E-state index contributed by atoms with van der Waals surface area (Å²) in [6.45, 7) is 11.9. The number of halogens is 1. The highest BCUT2D eigenvalue weighted by Crippen LogP contribution is 2.31. The highest BCUT2D eigenvalue weighted by atomic mass is 127. The number of carboxylic acids is 1. The summed E-state index contributed by atoms with van der Waals surface area (Å²) in [6.07, 6.45) is 0.695. The Hall–Kier alpha value is -4.84. The molecule has 0 aliphatic heterocycles. The van der Waals surface area contributed by atoms with Crippen molar-refractivity contribution in [1.82, 2.24) is 9.97 Å². The zero-order valence-corrected chi connectivity index (χ0v) is 34.1. The standard InChI is InChI=1S/C29H31NO5.C17H16INO/c1-19(2)27-25(30-28(35-27)23-13-12-21-9-4-5-10-22(21)16-23)18-34-15-7-14-33-17-24-11-6-8-20(3)26(24)29(31)32;1-11(2)16-15(10-18)19-17(20-16)14-8-7-12-5-3-4-6-13(12)9-14/h4-6,8-13,16,19H,7,14-15,17-18H2,1-3H3,(H,31,32);3-9,11H,10H2,1-2H3. The number of nitrogens with zero attached hydrogens (tertiary/aromatic N) is 2. The summed E-state index contributed by atoms with van der Waals surface area (Å²) >= 11 is 2.34. The van der Waals surface area contributed by atoms with Gasteiger partial charge in [-0.2, -0.15) is 0 Å². The maximum absolute atomic E-state index is 11.5. The van der Waals surface area contributed by atoms with Crippen LogP contribution in [-0.2, 0) is 27.1 Å². The third-order valence-electron chi connectivity index (χ3n) is 9.27. The molecule has 0 aliphatic rings. The predicted octanol–water partition coefficient (Wildman–Crippen LogP) is 12.3. The first-order chi connectivity index (χ1) is 26.6. The first kappa shape index (κ1) is 39.8. The minimum absolute atomic E-state index is 0.191. The van der Waals surface area contributed by atoms with Crippen LogP contribution in [0.5, 0.6) is 0 Å². The van der Waals surface area contributed by atoms with Crippen LogP contribution in [-0.4, -0.2) is 34.3 Å². The molecular formula is C46H47IN2O6. The van der Waals surface area contributed by atoms with Gasteiger partial charge < -0.3 is 23.4 Å². The topological polar surface area (TPSA) is 108 Å². The lowest BCUT2D eigenvalue weighted by Gasteiger charge is -2.10. The number of aromatic nitrogens is 2. The van der Waals surface area contributed by atoms with E-state index in [9.17, 15) is 9.90 Å². The predicted molar refractivity (Wildman–Crippen MR) is 227 cm³/mol. The van der Waals surface area contributed by atoms with Crippen molar-refractivity contribution in [2.75, 3.05) is 13.2 Å². The van der Waals surface area contributed by atoms with Crippen molar-refractivity contribution < 1.29 is 28.2 Å². The van der Waals surface area contributed by atoms with Crippen molar-refractivity contribution in [1.29, 1.82) is 0 Å². The third-order valence-corrected chi connectivity index (χ3v) is 9.99. The Morgan fingerprint density at radius 1 is 0.673 bits per heavy atom. The van der Waals surface area contributed by atoms with Gasteiger partial charge >= 0.3 is 5.97 Å². The van der Waals surface area contributed by atoms with Gasteiger partial charge in [0.05, 0.1) is 24.5 Å². The van der Waals surface area contributed by atoms with E-state index < -0.39 is 5.97 Å². The van der Waals surface area contributed by atoms with Crippen molar-refractivity contribution in [3.8, 4) is 22.9 Å². The summed E-state index contributed by atoms with van der Waals surface area (Å²) in [5.74, 6) is 2.80. The molecule has 0 saturated carbocycles. The molecule has 0 saturated heterocycles. The second kappa shape index (κ2) is 18.7. The van der Waals surface area contributed by atoms with Gasteiger partial charge in [0.2, 0.25) is 11.8 Å². The van der Waals surface area contributed by atoms with Crippen LogP contribution in [0.1, 0.15) is 90.3 Å². The number of carboxylic acid groups (broad SMARTS) is 1. The second-order valence-electron chi connectivity index (χ2n) is 14.1. The van der Waals surface area contributed by atoms with Crippen LogP contribution in [0.4, 0.5) is 0 Å². The lowest BCUT2D eigenvalue weighted by Crippen LogP contribution is -2.08. The van der Waals surface area contributed by atoms with Crippen molar-refractivity contribution in [3.05, 3.63) is 143 Å². The summed E-state index contributed by atoms with van der Waals surface area (Å²) in [7, 11) is 0. The number of hydrogen-bond donors (Lipinski definition) is 1. The summed E-state index contributed by atoms with van der Waals surface area (Å²) in [6, 6.07) is 34.5. The van der Waals surface area contributed by atoms with E-state index in [2.05, 4.69) is 122 Å². The van der Waals surface area contributed by atoms with Crippen LogP contribution < -0.4 is 0 Å². The monoisotopic (exact) mass is 850 g/mol. The van der Waals surface area contributed by atoms with Gasteiger partial charge in [0.15, 0.2) is 0 Å². The van der Waals surface area contributed by atoms with E-state index in [1.165, 1.54) is 16.2 Å². The molecule has 7 aromatic rings. The van der Waals surface area contributed by atoms with Crippen molar-refractivity contribution in [3.63, 3.8) is 0 Å². The quantitative estimate of drug-likeness (QED) is 0.0655. The maximum atomic E-state index is 11.5. The molecule has 1 N–H and O–H groups in total. The maximum Gasteiger partial charge on any atom is 0.336 e. The van der Waals surface area contributed by atoms with Gasteiger partial charge in [-0.3, -0.25) is 0 Å². The minimum atomic E-state index is -0.929. The van der Waals surface area contributed by atoms with Crippen LogP contribution in [0.15, 0.2) is 112 Å². The van der Waals surface area contributed by atoms with Crippen molar-refractivity contribution in [2.24, 2.45) is 0 Å². The first-order valence-electron chi connectivity index (χ1n) is 18.6. The van der Waals surface area contributed by atoms with E-state index in [1.807, 2.05) is 24.3 Å². The molecule has 2 aromatic heterocycles. The number of carbonyl (C=O) groups is 1. The average Bonchev–Trinajstić information content (AvgIpc) is 3.83. The average molecular weight is 851 g/mol. The smallest absolute Gasteiger partial charge is 0.336 e. The number of fused-ring (bicyclic) bond motifs is 2. The highest BCUT2D eigenvalue weighted by molar-refractivity contribution is 14.1. The largest absolute Gasteiger partial charge is 0.478 e. The van der Waals surface area contributed by atoms with E-state index in [4.69, 9.17) is 23.3 Å². The molecule has 5 aromatic carbocycles. The molecule has 284 valence electrons. The van der Waals surface area contributed by atoms with E-state index in [1.54, 1.807) is 19.1 Å². The van der Waals surface area contributed by atoms with Crippen LogP contribution in [0.3, 0.4) is 0 Å². The number of hydrogen-bond acceptors (Lipinski definition) is 7. The fraction of sp³-hybridized carbons (Fsp3) is 0.283. The molecule has 2 heterocycles. The first-order valence-corrected chi connectivity index (χ1v) is 20.2. The van der Waals surface area contributed by atoms with Crippen LogP contribution in [0.2, 0.25) is 0 Å². The lowest BCUT2D eigenvalue weighted by molar-refractivity contribution is 0.0638. The Morgan fingerprint density at radius 2 is 1.18 bits per heavy atom. The fourth-order valence-electron chi connectivity index (χ4n) is 6.49. The SMILES string of the molecule is CC(C)c1oc(-c2ccc3ccccc3c2)nc1CI.Cc1cccc(COCCCOCc2nc(-c3ccc4ccccc4c3)oc2C(C)C)c1C(=O)O. The number of aryl methyl sites for hydroxylation is 1. The van der Waals surface area contributed by atoms with Crippen LogP contribution in [0.25, 0.3) is 44.5 Å². The van der Waals surface area contributed by atoms with Gasteiger partial charge in [-0.25, -0.2) is 14.8 Å². The van der Waals surface area contributed by atoms with Gasteiger partial charge in [0.1, 0.15) is 17.2 Å². The molecule has 0 amide bonds. The number of rotatable bonds is 14. The molecule has 0 unspecified atom stereocenters. The second-order valence-corrected chi connectivity index (χ2v) is 14.9. The molecule has 0 aliphatic carbocycles. The summed E-state index contributed by atoms with van der Waals surface area (Å²) in [4.78, 5) is 20.9. The number of aromatic carboxylic acids is 1. The summed E-state index contributed by atoms with van der Waals surface area (Å²) in [5.41, 5.74) is 5.60. The third kappa shape index (κ3) is 9.89. The molecule has 55 heavy (non-hydrogen) atoms. The lowest BCUT2D eigenvalue weighted by atomic mass is 10.0. The summed E-state index contributed by atoms with van der Waals surface area (Å²) in [5, 5.41) is 14.2. The van der Waals surface area contributed by atoms with E-state index in [-0.39, 0.29) is 12.5 Å². The number of oxazole rings is 2. The van der Waals surface area contributed by atoms with E-state index >= 15 is 0 Å². The number of alkyl halides is 1. The van der Waals surface area contributed by atoms with Gasteiger partial charge in [-0.15, -0.1) is 0 Å². The highest BCUT2D eigenvalue weighted by Gasteiger charge is 2.19. The Kier molecular flexibility index (Phi) is 13.5. The Balaban J connectivity index is 0.000000217. The van der Waals surface area contributed by atoms with Crippen molar-refractivity contribution in [2.45, 2.75) is 70.5 Å². The minimum Gasteiger partial charge on any atom is -0.478 e. The van der Waals surface area contributed by atoms with E-state index in [0.29, 0.717) is 49.2 Å². The molecule has 0 spiro atoms. The van der Waals surface area contributed by atoms with Gasteiger partial charge in [0, 0.05) is 40.6 Å². The molecule has 0 fully saturated rings. The molecular weight excluding hydrogens is 803 g/mol. The molecule has 0 atom stereocenters. The zero-order valence-electron chi connectivity index (χ0n) is 32.0. The van der Waals surface area contributed by atoms with Crippen molar-refractivity contribution >= 4 is 50.1 Å². The molecule has 8 nitrogen and oxygen atoms in total. The number of benzene rings is 5.